The molecule has 172 valence electrons. The van der Waals surface area contributed by atoms with Crippen LogP contribution >= 0.6 is 11.8 Å². The average Bonchev–Trinajstić information content (AvgIpc) is 2.86. The van der Waals surface area contributed by atoms with E-state index in [1.807, 2.05) is 31.2 Å². The van der Waals surface area contributed by atoms with Crippen molar-refractivity contribution in [2.24, 2.45) is 5.92 Å². The molecule has 1 aromatic heterocycles. The van der Waals surface area contributed by atoms with Crippen molar-refractivity contribution in [3.8, 4) is 5.75 Å². The number of hydrogen-bond donors (Lipinski definition) is 1. The number of nitrogens with zero attached hydrogens (tertiary/aromatic N) is 3. The third-order valence-corrected chi connectivity index (χ3v) is 6.92. The number of carbonyl (C=O) groups is 1. The maximum Gasteiger partial charge on any atom is 0.225 e. The topological polar surface area (TPSA) is 67.3 Å². The van der Waals surface area contributed by atoms with Crippen LogP contribution in [0.15, 0.2) is 70.8 Å². The van der Waals surface area contributed by atoms with Gasteiger partial charge in [0.1, 0.15) is 10.8 Å². The summed E-state index contributed by atoms with van der Waals surface area (Å²) in [7, 11) is 1.65. The Morgan fingerprint density at radius 2 is 1.97 bits per heavy atom. The lowest BCUT2D eigenvalue weighted by molar-refractivity contribution is -0.125. The number of methoxy groups -OCH3 is 1. The first kappa shape index (κ1) is 23.1. The first-order chi connectivity index (χ1) is 16.0. The summed E-state index contributed by atoms with van der Waals surface area (Å²) in [6.07, 6.45) is 5.26. The zero-order valence-electron chi connectivity index (χ0n) is 19.3. The summed E-state index contributed by atoms with van der Waals surface area (Å²) in [6.45, 7) is 5.59. The number of benzene rings is 2. The van der Waals surface area contributed by atoms with Crippen molar-refractivity contribution in [2.75, 3.05) is 25.1 Å². The fourth-order valence-electron chi connectivity index (χ4n) is 4.03. The number of amides is 1. The van der Waals surface area contributed by atoms with E-state index in [0.29, 0.717) is 6.54 Å². The van der Waals surface area contributed by atoms with Gasteiger partial charge in [0.05, 0.1) is 19.1 Å². The minimum absolute atomic E-state index is 0.0756. The second kappa shape index (κ2) is 10.7. The molecule has 7 heteroatoms. The summed E-state index contributed by atoms with van der Waals surface area (Å²) >= 11 is 1.61. The Morgan fingerprint density at radius 3 is 2.76 bits per heavy atom. The molecule has 4 rings (SSSR count). The summed E-state index contributed by atoms with van der Waals surface area (Å²) in [5, 5.41) is 4.05. The van der Waals surface area contributed by atoms with Crippen molar-refractivity contribution in [3.05, 3.63) is 72.1 Å². The van der Waals surface area contributed by atoms with Gasteiger partial charge in [-0.1, -0.05) is 41.6 Å². The second-order valence-electron chi connectivity index (χ2n) is 8.39. The van der Waals surface area contributed by atoms with Gasteiger partial charge in [0.25, 0.3) is 0 Å². The fourth-order valence-corrected chi connectivity index (χ4v) is 4.92. The highest BCUT2D eigenvalue weighted by molar-refractivity contribution is 7.99. The highest BCUT2D eigenvalue weighted by Gasteiger charge is 2.29. The molecule has 0 unspecified atom stereocenters. The summed E-state index contributed by atoms with van der Waals surface area (Å²) < 4.78 is 5.31. The van der Waals surface area contributed by atoms with Crippen molar-refractivity contribution in [2.45, 2.75) is 42.7 Å². The molecule has 0 bridgehead atoms. The molecule has 0 saturated carbocycles. The molecule has 0 aliphatic carbocycles. The molecule has 3 aromatic rings. The van der Waals surface area contributed by atoms with E-state index in [0.717, 1.165) is 46.4 Å². The van der Waals surface area contributed by atoms with E-state index >= 15 is 0 Å². The van der Waals surface area contributed by atoms with E-state index in [2.05, 4.69) is 51.4 Å². The number of carbonyl (C=O) groups excluding carboxylic acids is 1. The Balaban J connectivity index is 1.44. The molecule has 2 atom stereocenters. The van der Waals surface area contributed by atoms with Crippen molar-refractivity contribution in [1.29, 1.82) is 0 Å². The molecule has 1 aliphatic rings. The van der Waals surface area contributed by atoms with Gasteiger partial charge >= 0.3 is 0 Å². The quantitative estimate of drug-likeness (QED) is 0.531. The number of nitrogens with one attached hydrogen (secondary N) is 1. The lowest BCUT2D eigenvalue weighted by Gasteiger charge is -2.34. The van der Waals surface area contributed by atoms with E-state index in [4.69, 9.17) is 4.74 Å². The van der Waals surface area contributed by atoms with E-state index in [9.17, 15) is 4.79 Å². The Bertz CT molecular complexity index is 1090. The monoisotopic (exact) mass is 462 g/mol. The van der Waals surface area contributed by atoms with Crippen LogP contribution in [0.3, 0.4) is 0 Å². The maximum atomic E-state index is 13.1. The first-order valence-electron chi connectivity index (χ1n) is 11.3. The average molecular weight is 463 g/mol. The van der Waals surface area contributed by atoms with Gasteiger partial charge in [0, 0.05) is 30.4 Å². The molecule has 1 N–H and O–H groups in total. The Hall–Kier alpha value is -3.06. The molecule has 33 heavy (non-hydrogen) atoms. The SMILES string of the molecule is COc1cccc([C@@H](C)NC(=O)[C@@H]2CCCN(c3nccnc3Sc3ccc(C)cc3)C2)c1. The molecule has 2 heterocycles. The van der Waals surface area contributed by atoms with Gasteiger partial charge in [-0.3, -0.25) is 4.79 Å². The van der Waals surface area contributed by atoms with Gasteiger partial charge < -0.3 is 15.0 Å². The predicted molar refractivity (Wildman–Crippen MR) is 132 cm³/mol. The standard InChI is InChI=1S/C26H30N4O2S/c1-18-9-11-23(12-10-18)33-26-24(27-13-14-28-26)30-15-5-7-21(17-30)25(31)29-19(2)20-6-4-8-22(16-20)32-3/h4,6,8-14,16,19,21H,5,7,15,17H2,1-3H3,(H,29,31)/t19-,21-/m1/s1. The second-order valence-corrected chi connectivity index (χ2v) is 9.45. The Labute approximate surface area is 199 Å². The number of aryl methyl sites for hydroxylation is 1. The molecular weight excluding hydrogens is 432 g/mol. The van der Waals surface area contributed by atoms with E-state index in [1.54, 1.807) is 31.3 Å². The van der Waals surface area contributed by atoms with Crippen LogP contribution in [0.5, 0.6) is 5.75 Å². The third kappa shape index (κ3) is 5.85. The van der Waals surface area contributed by atoms with E-state index < -0.39 is 0 Å². The van der Waals surface area contributed by atoms with Crippen LogP contribution in [0.1, 0.15) is 36.9 Å². The van der Waals surface area contributed by atoms with Crippen LogP contribution < -0.4 is 15.0 Å². The Morgan fingerprint density at radius 1 is 1.18 bits per heavy atom. The predicted octanol–water partition coefficient (Wildman–Crippen LogP) is 5.04. The largest absolute Gasteiger partial charge is 0.497 e. The van der Waals surface area contributed by atoms with Gasteiger partial charge in [-0.15, -0.1) is 0 Å². The minimum atomic E-state index is -0.0916. The molecule has 1 aliphatic heterocycles. The molecule has 2 aromatic carbocycles. The first-order valence-corrected chi connectivity index (χ1v) is 12.1. The van der Waals surface area contributed by atoms with E-state index in [1.165, 1.54) is 5.56 Å². The molecule has 1 saturated heterocycles. The Kier molecular flexibility index (Phi) is 7.50. The number of rotatable bonds is 7. The van der Waals surface area contributed by atoms with Crippen LogP contribution in [0.4, 0.5) is 5.82 Å². The number of piperidine rings is 1. The number of ether oxygens (including phenoxy) is 1. The molecular formula is C26H30N4O2S. The molecule has 6 nitrogen and oxygen atoms in total. The maximum absolute atomic E-state index is 13.1. The highest BCUT2D eigenvalue weighted by Crippen LogP contribution is 2.34. The normalized spacial score (nSPS) is 16.8. The molecule has 1 amide bonds. The van der Waals surface area contributed by atoms with Gasteiger partial charge in [-0.05, 0) is 56.5 Å². The summed E-state index contributed by atoms with van der Waals surface area (Å²) in [6, 6.07) is 16.1. The van der Waals surface area contributed by atoms with Crippen LogP contribution in [0, 0.1) is 12.8 Å². The number of hydrogen-bond acceptors (Lipinski definition) is 6. The van der Waals surface area contributed by atoms with Gasteiger partial charge in [-0.2, -0.15) is 0 Å². The lowest BCUT2D eigenvalue weighted by atomic mass is 9.96. The summed E-state index contributed by atoms with van der Waals surface area (Å²) in [4.78, 5) is 25.7. The lowest BCUT2D eigenvalue weighted by Crippen LogP contribution is -2.44. The summed E-state index contributed by atoms with van der Waals surface area (Å²) in [5.74, 6) is 1.62. The van der Waals surface area contributed by atoms with Gasteiger partial charge in [-0.25, -0.2) is 9.97 Å². The van der Waals surface area contributed by atoms with E-state index in [-0.39, 0.29) is 17.9 Å². The smallest absolute Gasteiger partial charge is 0.225 e. The number of anilines is 1. The van der Waals surface area contributed by atoms with Crippen molar-refractivity contribution >= 4 is 23.5 Å². The molecule has 1 fully saturated rings. The van der Waals surface area contributed by atoms with Crippen LogP contribution in [-0.4, -0.2) is 36.1 Å². The van der Waals surface area contributed by atoms with Crippen LogP contribution in [-0.2, 0) is 4.79 Å². The zero-order chi connectivity index (χ0) is 23.2. The van der Waals surface area contributed by atoms with Crippen molar-refractivity contribution < 1.29 is 9.53 Å². The highest BCUT2D eigenvalue weighted by atomic mass is 32.2. The van der Waals surface area contributed by atoms with Gasteiger partial charge in [0.15, 0.2) is 5.82 Å². The van der Waals surface area contributed by atoms with Crippen molar-refractivity contribution in [3.63, 3.8) is 0 Å². The zero-order valence-corrected chi connectivity index (χ0v) is 20.1. The van der Waals surface area contributed by atoms with Gasteiger partial charge in [0.2, 0.25) is 5.91 Å². The fraction of sp³-hybridized carbons (Fsp3) is 0.346. The summed E-state index contributed by atoms with van der Waals surface area (Å²) in [5.41, 5.74) is 2.26. The number of aromatic nitrogens is 2. The van der Waals surface area contributed by atoms with Crippen molar-refractivity contribution in [1.82, 2.24) is 15.3 Å². The van der Waals surface area contributed by atoms with Crippen LogP contribution in [0.2, 0.25) is 0 Å². The van der Waals surface area contributed by atoms with Crippen LogP contribution in [0.25, 0.3) is 0 Å². The molecule has 0 radical (unpaired) electrons. The minimum Gasteiger partial charge on any atom is -0.497 e. The molecule has 0 spiro atoms. The third-order valence-electron chi connectivity index (χ3n) is 5.93.